The van der Waals surface area contributed by atoms with Gasteiger partial charge in [0.2, 0.25) is 10.0 Å². The number of sulfonamides is 1. The van der Waals surface area contributed by atoms with Gasteiger partial charge in [-0.25, -0.2) is 13.1 Å². The average molecular weight is 434 g/mol. The maximum atomic E-state index is 13.1. The molecule has 0 amide bonds. The van der Waals surface area contributed by atoms with Gasteiger partial charge in [-0.15, -0.1) is 0 Å². The van der Waals surface area contributed by atoms with Gasteiger partial charge in [0.25, 0.3) is 0 Å². The molecule has 1 N–H and O–H groups in total. The van der Waals surface area contributed by atoms with E-state index in [0.29, 0.717) is 5.75 Å². The molecule has 0 bridgehead atoms. The lowest BCUT2D eigenvalue weighted by molar-refractivity contribution is 0.113. The summed E-state index contributed by atoms with van der Waals surface area (Å²) in [5, 5.41) is 0. The summed E-state index contributed by atoms with van der Waals surface area (Å²) in [4.78, 5) is 4.70. The normalized spacial score (nSPS) is 16.9. The molecule has 0 aliphatic carbocycles. The molecule has 1 aliphatic heterocycles. The van der Waals surface area contributed by atoms with Crippen molar-refractivity contribution in [3.05, 3.63) is 53.6 Å². The number of benzene rings is 2. The number of ether oxygens (including phenoxy) is 2. The third kappa shape index (κ3) is 5.31. The number of piperazine rings is 1. The number of likely N-dealkylation sites (N-methyl/N-ethyl adjacent to an activating group) is 1. The number of aryl methyl sites for hydroxylation is 1. The second-order valence-corrected chi connectivity index (χ2v) is 9.37. The molecule has 0 radical (unpaired) electrons. The van der Waals surface area contributed by atoms with Gasteiger partial charge >= 0.3 is 0 Å². The molecule has 1 unspecified atom stereocenters. The number of rotatable bonds is 8. The summed E-state index contributed by atoms with van der Waals surface area (Å²) in [6, 6.07) is 13.0. The van der Waals surface area contributed by atoms with Crippen molar-refractivity contribution in [3.63, 3.8) is 0 Å². The van der Waals surface area contributed by atoms with Gasteiger partial charge in [0.15, 0.2) is 0 Å². The zero-order valence-electron chi connectivity index (χ0n) is 18.1. The fraction of sp³-hybridized carbons (Fsp3) is 0.455. The highest BCUT2D eigenvalue weighted by molar-refractivity contribution is 7.89. The van der Waals surface area contributed by atoms with Crippen LogP contribution < -0.4 is 14.2 Å². The van der Waals surface area contributed by atoms with E-state index in [-0.39, 0.29) is 23.2 Å². The van der Waals surface area contributed by atoms with Crippen LogP contribution in [0.15, 0.2) is 47.4 Å². The Hall–Kier alpha value is -2.13. The topological polar surface area (TPSA) is 71.1 Å². The molecule has 1 atom stereocenters. The van der Waals surface area contributed by atoms with Crippen molar-refractivity contribution in [3.8, 4) is 11.5 Å². The van der Waals surface area contributed by atoms with Crippen LogP contribution in [-0.4, -0.2) is 72.2 Å². The van der Waals surface area contributed by atoms with E-state index in [1.165, 1.54) is 25.8 Å². The quantitative estimate of drug-likeness (QED) is 0.689. The molecular weight excluding hydrogens is 402 g/mol. The predicted octanol–water partition coefficient (Wildman–Crippen LogP) is 2.28. The Labute approximate surface area is 179 Å². The molecule has 0 spiro atoms. The maximum absolute atomic E-state index is 13.1. The van der Waals surface area contributed by atoms with E-state index in [1.54, 1.807) is 12.1 Å². The van der Waals surface area contributed by atoms with Crippen molar-refractivity contribution in [2.24, 2.45) is 0 Å². The van der Waals surface area contributed by atoms with Crippen LogP contribution in [0.4, 0.5) is 0 Å². The first-order valence-corrected chi connectivity index (χ1v) is 11.5. The Kier molecular flexibility index (Phi) is 7.36. The second kappa shape index (κ2) is 9.78. The molecule has 0 saturated carbocycles. The van der Waals surface area contributed by atoms with Crippen molar-refractivity contribution < 1.29 is 17.9 Å². The Morgan fingerprint density at radius 3 is 2.27 bits per heavy atom. The molecular formula is C22H31N3O4S. The van der Waals surface area contributed by atoms with E-state index in [0.717, 1.165) is 31.7 Å². The lowest BCUT2D eigenvalue weighted by Crippen LogP contribution is -2.48. The van der Waals surface area contributed by atoms with Gasteiger partial charge in [0, 0.05) is 44.8 Å². The fourth-order valence-electron chi connectivity index (χ4n) is 3.64. The minimum atomic E-state index is -3.79. The molecule has 7 nitrogen and oxygen atoms in total. The fourth-order valence-corrected chi connectivity index (χ4v) is 4.86. The molecule has 1 aliphatic rings. The molecule has 2 aromatic rings. The third-order valence-electron chi connectivity index (χ3n) is 5.57. The SMILES string of the molecule is COc1ccc(OC)c(S(=O)(=O)NCC(c2ccc(C)cc2)N2CCN(C)CC2)c1. The van der Waals surface area contributed by atoms with Gasteiger partial charge in [-0.1, -0.05) is 29.8 Å². The van der Waals surface area contributed by atoms with Gasteiger partial charge in [0.05, 0.1) is 14.2 Å². The standard InChI is InChI=1S/C22H31N3O4S/c1-17-5-7-18(8-6-17)20(25-13-11-24(2)12-14-25)16-23-30(26,27)22-15-19(28-3)9-10-21(22)29-4/h5-10,15,20,23H,11-14,16H2,1-4H3. The molecule has 164 valence electrons. The number of nitrogens with one attached hydrogen (secondary N) is 1. The molecule has 1 fully saturated rings. The molecule has 3 rings (SSSR count). The van der Waals surface area contributed by atoms with Gasteiger partial charge in [0.1, 0.15) is 16.4 Å². The lowest BCUT2D eigenvalue weighted by Gasteiger charge is -2.38. The molecule has 1 saturated heterocycles. The van der Waals surface area contributed by atoms with E-state index in [1.807, 2.05) is 6.92 Å². The summed E-state index contributed by atoms with van der Waals surface area (Å²) in [6.45, 7) is 6.01. The Bertz CT molecular complexity index is 939. The number of hydrogen-bond acceptors (Lipinski definition) is 6. The summed E-state index contributed by atoms with van der Waals surface area (Å²) in [5.41, 5.74) is 2.28. The largest absolute Gasteiger partial charge is 0.497 e. The summed E-state index contributed by atoms with van der Waals surface area (Å²) in [7, 11) is 1.28. The van der Waals surface area contributed by atoms with Gasteiger partial charge in [-0.05, 0) is 31.7 Å². The Balaban J connectivity index is 1.85. The van der Waals surface area contributed by atoms with Crippen molar-refractivity contribution in [1.82, 2.24) is 14.5 Å². The first kappa shape index (κ1) is 22.6. The highest BCUT2D eigenvalue weighted by Gasteiger charge is 2.27. The third-order valence-corrected chi connectivity index (χ3v) is 7.01. The second-order valence-electron chi connectivity index (χ2n) is 7.63. The van der Waals surface area contributed by atoms with E-state index >= 15 is 0 Å². The molecule has 30 heavy (non-hydrogen) atoms. The molecule has 0 aromatic heterocycles. The van der Waals surface area contributed by atoms with Crippen LogP contribution in [0.5, 0.6) is 11.5 Å². The van der Waals surface area contributed by atoms with Crippen LogP contribution in [0.3, 0.4) is 0 Å². The number of hydrogen-bond donors (Lipinski definition) is 1. The van der Waals surface area contributed by atoms with Crippen LogP contribution in [0.25, 0.3) is 0 Å². The van der Waals surface area contributed by atoms with Gasteiger partial charge in [-0.3, -0.25) is 4.90 Å². The van der Waals surface area contributed by atoms with Crippen molar-refractivity contribution >= 4 is 10.0 Å². The summed E-state index contributed by atoms with van der Waals surface area (Å²) in [6.07, 6.45) is 0. The van der Waals surface area contributed by atoms with Crippen LogP contribution in [0.1, 0.15) is 17.2 Å². The number of nitrogens with zero attached hydrogens (tertiary/aromatic N) is 2. The van der Waals surface area contributed by atoms with Crippen molar-refractivity contribution in [2.75, 3.05) is 54.0 Å². The average Bonchev–Trinajstić information content (AvgIpc) is 2.75. The van der Waals surface area contributed by atoms with E-state index in [2.05, 4.69) is 45.8 Å². The monoisotopic (exact) mass is 433 g/mol. The summed E-state index contributed by atoms with van der Waals surface area (Å²) >= 11 is 0. The zero-order valence-corrected chi connectivity index (χ0v) is 18.9. The molecule has 8 heteroatoms. The number of methoxy groups -OCH3 is 2. The van der Waals surface area contributed by atoms with Crippen LogP contribution in [-0.2, 0) is 10.0 Å². The molecule has 2 aromatic carbocycles. The van der Waals surface area contributed by atoms with E-state index in [4.69, 9.17) is 9.47 Å². The Morgan fingerprint density at radius 1 is 1.00 bits per heavy atom. The predicted molar refractivity (Wildman–Crippen MR) is 118 cm³/mol. The van der Waals surface area contributed by atoms with Crippen molar-refractivity contribution in [2.45, 2.75) is 17.9 Å². The highest BCUT2D eigenvalue weighted by Crippen LogP contribution is 2.29. The first-order valence-electron chi connectivity index (χ1n) is 10.0. The lowest BCUT2D eigenvalue weighted by atomic mass is 10.0. The maximum Gasteiger partial charge on any atom is 0.244 e. The van der Waals surface area contributed by atoms with Crippen LogP contribution in [0.2, 0.25) is 0 Å². The smallest absolute Gasteiger partial charge is 0.244 e. The van der Waals surface area contributed by atoms with Gasteiger partial charge < -0.3 is 14.4 Å². The minimum Gasteiger partial charge on any atom is -0.497 e. The molecule has 1 heterocycles. The summed E-state index contributed by atoms with van der Waals surface area (Å²) in [5.74, 6) is 0.750. The van der Waals surface area contributed by atoms with Gasteiger partial charge in [-0.2, -0.15) is 0 Å². The zero-order chi connectivity index (χ0) is 21.7. The van der Waals surface area contributed by atoms with E-state index in [9.17, 15) is 8.42 Å². The van der Waals surface area contributed by atoms with Crippen LogP contribution >= 0.6 is 0 Å². The van der Waals surface area contributed by atoms with Crippen LogP contribution in [0, 0.1) is 6.92 Å². The first-order chi connectivity index (χ1) is 14.3. The minimum absolute atomic E-state index is 0.0503. The summed E-state index contributed by atoms with van der Waals surface area (Å²) < 4.78 is 39.5. The Morgan fingerprint density at radius 2 is 1.67 bits per heavy atom. The van der Waals surface area contributed by atoms with E-state index < -0.39 is 10.0 Å². The highest BCUT2D eigenvalue weighted by atomic mass is 32.2. The van der Waals surface area contributed by atoms with Crippen molar-refractivity contribution in [1.29, 1.82) is 0 Å².